The van der Waals surface area contributed by atoms with Crippen molar-refractivity contribution >= 4 is 0 Å². The van der Waals surface area contributed by atoms with Crippen LogP contribution in [0.1, 0.15) is 44.4 Å². The van der Waals surface area contributed by atoms with E-state index in [0.717, 1.165) is 12.5 Å². The van der Waals surface area contributed by atoms with Crippen LogP contribution in [0.15, 0.2) is 24.3 Å². The Labute approximate surface area is 118 Å². The van der Waals surface area contributed by atoms with E-state index >= 15 is 0 Å². The molecule has 1 aromatic carbocycles. The number of hydrogen-bond acceptors (Lipinski definition) is 2. The second-order valence-corrected chi connectivity index (χ2v) is 7.13. The maximum atomic E-state index is 6.34. The highest BCUT2D eigenvalue weighted by Crippen LogP contribution is 2.33. The molecule has 2 N–H and O–H groups in total. The van der Waals surface area contributed by atoms with E-state index in [2.05, 4.69) is 56.9 Å². The van der Waals surface area contributed by atoms with Crippen molar-refractivity contribution in [2.45, 2.75) is 40.2 Å². The van der Waals surface area contributed by atoms with Gasteiger partial charge >= 0.3 is 0 Å². The molecule has 0 bridgehead atoms. The number of rotatable bonds is 3. The Morgan fingerprint density at radius 3 is 2.42 bits per heavy atom. The van der Waals surface area contributed by atoms with E-state index in [1.807, 2.05) is 0 Å². The lowest BCUT2D eigenvalue weighted by atomic mass is 9.80. The molecule has 1 saturated heterocycles. The summed E-state index contributed by atoms with van der Waals surface area (Å²) in [6.45, 7) is 12.5. The number of likely N-dealkylation sites (tertiary alicyclic amines) is 1. The van der Waals surface area contributed by atoms with Crippen LogP contribution in [0.5, 0.6) is 0 Å². The zero-order valence-electron chi connectivity index (χ0n) is 12.8. The predicted molar refractivity (Wildman–Crippen MR) is 82.1 cm³/mol. The summed E-state index contributed by atoms with van der Waals surface area (Å²) in [4.78, 5) is 2.53. The van der Waals surface area contributed by atoms with Crippen molar-refractivity contribution in [3.8, 4) is 0 Å². The average molecular weight is 260 g/mol. The smallest absolute Gasteiger partial charge is 0.0424 e. The normalized spacial score (nSPS) is 22.7. The molecule has 1 aliphatic rings. The van der Waals surface area contributed by atoms with E-state index in [1.54, 1.807) is 0 Å². The summed E-state index contributed by atoms with van der Waals surface area (Å²) in [5.41, 5.74) is 9.31. The molecule has 0 aromatic heterocycles. The van der Waals surface area contributed by atoms with Crippen LogP contribution in [0.2, 0.25) is 0 Å². The molecule has 0 saturated carbocycles. The second-order valence-electron chi connectivity index (χ2n) is 7.13. The molecule has 2 atom stereocenters. The van der Waals surface area contributed by atoms with Crippen LogP contribution in [0.3, 0.4) is 0 Å². The summed E-state index contributed by atoms with van der Waals surface area (Å²) in [6, 6.07) is 8.77. The summed E-state index contributed by atoms with van der Waals surface area (Å²) >= 11 is 0. The molecule has 1 fully saturated rings. The maximum absolute atomic E-state index is 6.34. The molecule has 2 rings (SSSR count). The van der Waals surface area contributed by atoms with E-state index in [4.69, 9.17) is 5.73 Å². The van der Waals surface area contributed by atoms with Gasteiger partial charge < -0.3 is 10.6 Å². The summed E-state index contributed by atoms with van der Waals surface area (Å²) < 4.78 is 0. The second kappa shape index (κ2) is 5.64. The van der Waals surface area contributed by atoms with Gasteiger partial charge in [-0.2, -0.15) is 0 Å². The Hall–Kier alpha value is -0.860. The van der Waals surface area contributed by atoms with Crippen molar-refractivity contribution in [3.63, 3.8) is 0 Å². The fourth-order valence-electron chi connectivity index (χ4n) is 2.90. The van der Waals surface area contributed by atoms with Gasteiger partial charge in [-0.1, -0.05) is 50.6 Å². The van der Waals surface area contributed by atoms with Gasteiger partial charge in [0.25, 0.3) is 0 Å². The molecule has 2 nitrogen and oxygen atoms in total. The van der Waals surface area contributed by atoms with Crippen LogP contribution < -0.4 is 5.73 Å². The highest BCUT2D eigenvalue weighted by Gasteiger charge is 2.32. The fraction of sp³-hybridized carbons (Fsp3) is 0.647. The first-order chi connectivity index (χ1) is 8.86. The maximum Gasteiger partial charge on any atom is 0.0424 e. The number of nitrogens with two attached hydrogens (primary N) is 1. The first-order valence-electron chi connectivity index (χ1n) is 7.41. The lowest BCUT2D eigenvalue weighted by molar-refractivity contribution is 0.224. The molecule has 0 radical (unpaired) electrons. The molecular formula is C17H28N2. The van der Waals surface area contributed by atoms with Crippen molar-refractivity contribution in [2.24, 2.45) is 17.1 Å². The van der Waals surface area contributed by atoms with Gasteiger partial charge in [-0.15, -0.1) is 0 Å². The quantitative estimate of drug-likeness (QED) is 0.903. The summed E-state index contributed by atoms with van der Waals surface area (Å²) in [5.74, 6) is 0.803. The van der Waals surface area contributed by atoms with Crippen LogP contribution in [0.4, 0.5) is 0 Å². The Morgan fingerprint density at radius 2 is 1.89 bits per heavy atom. The van der Waals surface area contributed by atoms with Gasteiger partial charge in [0.2, 0.25) is 0 Å². The van der Waals surface area contributed by atoms with E-state index in [-0.39, 0.29) is 6.04 Å². The van der Waals surface area contributed by atoms with Gasteiger partial charge in [0.1, 0.15) is 0 Å². The van der Waals surface area contributed by atoms with Gasteiger partial charge in [-0.05, 0) is 36.8 Å². The zero-order chi connectivity index (χ0) is 14.0. The molecule has 1 aliphatic heterocycles. The van der Waals surface area contributed by atoms with Crippen LogP contribution in [-0.4, -0.2) is 24.5 Å². The largest absolute Gasteiger partial charge is 0.323 e. The minimum absolute atomic E-state index is 0.138. The van der Waals surface area contributed by atoms with Crippen molar-refractivity contribution < 1.29 is 0 Å². The van der Waals surface area contributed by atoms with Gasteiger partial charge in [0.15, 0.2) is 0 Å². The highest BCUT2D eigenvalue weighted by molar-refractivity contribution is 5.24. The third-order valence-corrected chi connectivity index (χ3v) is 4.46. The Balaban J connectivity index is 1.90. The molecule has 1 aromatic rings. The number of nitrogens with zero attached hydrogens (tertiary/aromatic N) is 1. The molecular weight excluding hydrogens is 232 g/mol. The van der Waals surface area contributed by atoms with Crippen LogP contribution in [0.25, 0.3) is 0 Å². The van der Waals surface area contributed by atoms with E-state index in [9.17, 15) is 0 Å². The van der Waals surface area contributed by atoms with E-state index < -0.39 is 0 Å². The molecule has 2 heteroatoms. The molecule has 106 valence electrons. The lowest BCUT2D eigenvalue weighted by Gasteiger charge is -2.28. The fourth-order valence-corrected chi connectivity index (χ4v) is 2.90. The Morgan fingerprint density at radius 1 is 1.26 bits per heavy atom. The Bertz CT molecular complexity index is 402. The number of hydrogen-bond donors (Lipinski definition) is 1. The van der Waals surface area contributed by atoms with Crippen molar-refractivity contribution in [3.05, 3.63) is 35.4 Å². The molecule has 19 heavy (non-hydrogen) atoms. The minimum Gasteiger partial charge on any atom is -0.323 e. The summed E-state index contributed by atoms with van der Waals surface area (Å²) in [6.07, 6.45) is 1.31. The molecule has 2 unspecified atom stereocenters. The lowest BCUT2D eigenvalue weighted by Crippen LogP contribution is -2.32. The van der Waals surface area contributed by atoms with Crippen molar-refractivity contribution in [1.29, 1.82) is 0 Å². The van der Waals surface area contributed by atoms with Crippen molar-refractivity contribution in [2.75, 3.05) is 19.6 Å². The van der Waals surface area contributed by atoms with Crippen LogP contribution in [0, 0.1) is 18.3 Å². The minimum atomic E-state index is 0.138. The summed E-state index contributed by atoms with van der Waals surface area (Å²) in [5, 5.41) is 0. The van der Waals surface area contributed by atoms with E-state index in [1.165, 1.54) is 30.6 Å². The van der Waals surface area contributed by atoms with Crippen LogP contribution >= 0.6 is 0 Å². The molecule has 1 heterocycles. The number of aryl methyl sites for hydroxylation is 1. The first-order valence-corrected chi connectivity index (χ1v) is 7.41. The number of benzene rings is 1. The monoisotopic (exact) mass is 260 g/mol. The molecule has 0 aliphatic carbocycles. The average Bonchev–Trinajstić information content (AvgIpc) is 2.78. The third kappa shape index (κ3) is 3.80. The SMILES string of the molecule is Cc1ccc(C(N)CN2CCC(C(C)(C)C)C2)cc1. The molecule has 0 amide bonds. The van der Waals surface area contributed by atoms with Gasteiger partial charge in [-0.25, -0.2) is 0 Å². The predicted octanol–water partition coefficient (Wildman–Crippen LogP) is 3.36. The van der Waals surface area contributed by atoms with Gasteiger partial charge in [-0.3, -0.25) is 0 Å². The topological polar surface area (TPSA) is 29.3 Å². The van der Waals surface area contributed by atoms with Crippen LogP contribution in [-0.2, 0) is 0 Å². The zero-order valence-corrected chi connectivity index (χ0v) is 12.8. The van der Waals surface area contributed by atoms with E-state index in [0.29, 0.717) is 5.41 Å². The van der Waals surface area contributed by atoms with Crippen molar-refractivity contribution in [1.82, 2.24) is 4.90 Å². The highest BCUT2D eigenvalue weighted by atomic mass is 15.2. The third-order valence-electron chi connectivity index (χ3n) is 4.46. The summed E-state index contributed by atoms with van der Waals surface area (Å²) in [7, 11) is 0. The molecule has 0 spiro atoms. The van der Waals surface area contributed by atoms with Gasteiger partial charge in [0, 0.05) is 19.1 Å². The first kappa shape index (κ1) is 14.5. The Kier molecular flexibility index (Phi) is 4.32. The van der Waals surface area contributed by atoms with Gasteiger partial charge in [0.05, 0.1) is 0 Å². The standard InChI is InChI=1S/C17H28N2/c1-13-5-7-14(8-6-13)16(18)12-19-10-9-15(11-19)17(2,3)4/h5-8,15-16H,9-12,18H2,1-4H3.